The minimum absolute atomic E-state index is 0.0143. The zero-order chi connectivity index (χ0) is 13.9. The molecule has 2 aromatic rings. The Morgan fingerprint density at radius 1 is 1.05 bits per heavy atom. The summed E-state index contributed by atoms with van der Waals surface area (Å²) in [6, 6.07) is 11.9. The summed E-state index contributed by atoms with van der Waals surface area (Å²) >= 11 is 0. The van der Waals surface area contributed by atoms with Crippen LogP contribution in [0.15, 0.2) is 48.8 Å². The van der Waals surface area contributed by atoms with Crippen molar-refractivity contribution < 1.29 is 4.79 Å². The second-order valence-electron chi connectivity index (χ2n) is 5.53. The van der Waals surface area contributed by atoms with E-state index < -0.39 is 5.41 Å². The molecular formula is C16H18N2O. The van der Waals surface area contributed by atoms with Crippen LogP contribution in [-0.2, 0) is 4.79 Å². The summed E-state index contributed by atoms with van der Waals surface area (Å²) < 4.78 is 0. The first-order valence-corrected chi connectivity index (χ1v) is 6.29. The number of aromatic nitrogens is 1. The van der Waals surface area contributed by atoms with Gasteiger partial charge in [0, 0.05) is 17.2 Å². The number of benzene rings is 1. The van der Waals surface area contributed by atoms with E-state index >= 15 is 0 Å². The largest absolute Gasteiger partial charge is 0.324 e. The first-order chi connectivity index (χ1) is 8.97. The molecule has 1 N–H and O–H groups in total. The van der Waals surface area contributed by atoms with E-state index in [1.165, 1.54) is 0 Å². The van der Waals surface area contributed by atoms with Gasteiger partial charge in [-0.2, -0.15) is 0 Å². The van der Waals surface area contributed by atoms with Gasteiger partial charge in [-0.3, -0.25) is 9.78 Å². The predicted octanol–water partition coefficient (Wildman–Crippen LogP) is 3.73. The molecule has 19 heavy (non-hydrogen) atoms. The van der Waals surface area contributed by atoms with Crippen LogP contribution in [0.4, 0.5) is 5.69 Å². The molecule has 98 valence electrons. The van der Waals surface area contributed by atoms with Crippen LogP contribution >= 0.6 is 0 Å². The Morgan fingerprint density at radius 3 is 2.37 bits per heavy atom. The summed E-state index contributed by atoms with van der Waals surface area (Å²) in [5, 5.41) is 2.89. The summed E-state index contributed by atoms with van der Waals surface area (Å²) in [5.74, 6) is -0.0143. The molecule has 1 aromatic carbocycles. The second kappa shape index (κ2) is 5.22. The third-order valence-electron chi connectivity index (χ3n) is 2.78. The number of rotatable bonds is 2. The highest BCUT2D eigenvalue weighted by Gasteiger charge is 2.21. The van der Waals surface area contributed by atoms with Crippen molar-refractivity contribution in [3.63, 3.8) is 0 Å². The standard InChI is InChI=1S/C16H18N2O/c1-16(2,3)15(19)18-14-9-13(10-17-11-14)12-7-5-4-6-8-12/h4-11H,1-3H3,(H,18,19). The fraction of sp³-hybridized carbons (Fsp3) is 0.250. The van der Waals surface area contributed by atoms with E-state index in [1.807, 2.05) is 57.2 Å². The van der Waals surface area contributed by atoms with E-state index in [-0.39, 0.29) is 5.91 Å². The van der Waals surface area contributed by atoms with Gasteiger partial charge in [-0.15, -0.1) is 0 Å². The normalized spacial score (nSPS) is 11.1. The lowest BCUT2D eigenvalue weighted by Gasteiger charge is -2.17. The smallest absolute Gasteiger partial charge is 0.229 e. The van der Waals surface area contributed by atoms with Crippen molar-refractivity contribution in [2.75, 3.05) is 5.32 Å². The van der Waals surface area contributed by atoms with Crippen LogP contribution in [0.25, 0.3) is 11.1 Å². The topological polar surface area (TPSA) is 42.0 Å². The van der Waals surface area contributed by atoms with E-state index in [9.17, 15) is 4.79 Å². The van der Waals surface area contributed by atoms with Gasteiger partial charge < -0.3 is 5.32 Å². The van der Waals surface area contributed by atoms with E-state index in [0.717, 1.165) is 16.8 Å². The van der Waals surface area contributed by atoms with Gasteiger partial charge in [-0.05, 0) is 11.6 Å². The minimum atomic E-state index is -0.414. The number of amides is 1. The van der Waals surface area contributed by atoms with Crippen molar-refractivity contribution in [3.8, 4) is 11.1 Å². The van der Waals surface area contributed by atoms with E-state index in [1.54, 1.807) is 12.4 Å². The summed E-state index contributed by atoms with van der Waals surface area (Å²) in [6.45, 7) is 5.66. The van der Waals surface area contributed by atoms with E-state index in [0.29, 0.717) is 0 Å². The Bertz CT molecular complexity index is 571. The molecule has 0 bridgehead atoms. The number of pyridine rings is 1. The Balaban J connectivity index is 2.24. The predicted molar refractivity (Wildman–Crippen MR) is 77.8 cm³/mol. The number of nitrogens with one attached hydrogen (secondary N) is 1. The van der Waals surface area contributed by atoms with Gasteiger partial charge in [0.25, 0.3) is 0 Å². The van der Waals surface area contributed by atoms with Crippen molar-refractivity contribution >= 4 is 11.6 Å². The van der Waals surface area contributed by atoms with Gasteiger partial charge in [-0.25, -0.2) is 0 Å². The zero-order valence-corrected chi connectivity index (χ0v) is 11.5. The highest BCUT2D eigenvalue weighted by molar-refractivity contribution is 5.94. The molecule has 0 fully saturated rings. The summed E-state index contributed by atoms with van der Waals surface area (Å²) in [4.78, 5) is 16.1. The number of anilines is 1. The van der Waals surface area contributed by atoms with Crippen molar-refractivity contribution in [1.82, 2.24) is 4.98 Å². The van der Waals surface area contributed by atoms with Crippen molar-refractivity contribution in [2.24, 2.45) is 5.41 Å². The van der Waals surface area contributed by atoms with E-state index in [4.69, 9.17) is 0 Å². The van der Waals surface area contributed by atoms with Gasteiger partial charge >= 0.3 is 0 Å². The number of hydrogen-bond donors (Lipinski definition) is 1. The lowest BCUT2D eigenvalue weighted by atomic mass is 9.95. The van der Waals surface area contributed by atoms with Crippen LogP contribution < -0.4 is 5.32 Å². The van der Waals surface area contributed by atoms with Gasteiger partial charge in [0.15, 0.2) is 0 Å². The lowest BCUT2D eigenvalue weighted by Crippen LogP contribution is -2.27. The van der Waals surface area contributed by atoms with Gasteiger partial charge in [-0.1, -0.05) is 51.1 Å². The average Bonchev–Trinajstić information content (AvgIpc) is 2.39. The molecule has 0 aliphatic carbocycles. The van der Waals surface area contributed by atoms with Crippen LogP contribution in [0.1, 0.15) is 20.8 Å². The molecule has 3 nitrogen and oxygen atoms in total. The lowest BCUT2D eigenvalue weighted by molar-refractivity contribution is -0.123. The number of nitrogens with zero attached hydrogens (tertiary/aromatic N) is 1. The van der Waals surface area contributed by atoms with Crippen LogP contribution in [0.2, 0.25) is 0 Å². The molecule has 1 amide bonds. The van der Waals surface area contributed by atoms with Crippen molar-refractivity contribution in [1.29, 1.82) is 0 Å². The monoisotopic (exact) mass is 254 g/mol. The maximum absolute atomic E-state index is 11.9. The summed E-state index contributed by atoms with van der Waals surface area (Å²) in [5.41, 5.74) is 2.39. The van der Waals surface area contributed by atoms with Gasteiger partial charge in [0.2, 0.25) is 5.91 Å². The number of carbonyl (C=O) groups is 1. The maximum atomic E-state index is 11.9. The summed E-state index contributed by atoms with van der Waals surface area (Å²) in [7, 11) is 0. The quantitative estimate of drug-likeness (QED) is 0.887. The SMILES string of the molecule is CC(C)(C)C(=O)Nc1cncc(-c2ccccc2)c1. The van der Waals surface area contributed by atoms with Crippen molar-refractivity contribution in [3.05, 3.63) is 48.8 Å². The maximum Gasteiger partial charge on any atom is 0.229 e. The molecule has 0 saturated heterocycles. The molecule has 2 rings (SSSR count). The number of hydrogen-bond acceptors (Lipinski definition) is 2. The highest BCUT2D eigenvalue weighted by Crippen LogP contribution is 2.22. The molecule has 0 atom stereocenters. The Labute approximate surface area is 113 Å². The highest BCUT2D eigenvalue weighted by atomic mass is 16.2. The molecule has 1 aromatic heterocycles. The molecule has 0 saturated carbocycles. The van der Waals surface area contributed by atoms with Crippen LogP contribution in [-0.4, -0.2) is 10.9 Å². The van der Waals surface area contributed by atoms with E-state index in [2.05, 4.69) is 10.3 Å². The van der Waals surface area contributed by atoms with Crippen LogP contribution in [0, 0.1) is 5.41 Å². The first kappa shape index (κ1) is 13.3. The van der Waals surface area contributed by atoms with Gasteiger partial charge in [0.1, 0.15) is 0 Å². The van der Waals surface area contributed by atoms with Crippen LogP contribution in [0.3, 0.4) is 0 Å². The van der Waals surface area contributed by atoms with Crippen molar-refractivity contribution in [2.45, 2.75) is 20.8 Å². The molecule has 0 radical (unpaired) electrons. The molecule has 0 spiro atoms. The zero-order valence-electron chi connectivity index (χ0n) is 11.5. The molecule has 0 aliphatic heterocycles. The molecule has 0 unspecified atom stereocenters. The number of carbonyl (C=O) groups excluding carboxylic acids is 1. The second-order valence-corrected chi connectivity index (χ2v) is 5.53. The average molecular weight is 254 g/mol. The Kier molecular flexibility index (Phi) is 3.65. The Hall–Kier alpha value is -2.16. The molecule has 1 heterocycles. The molecule has 0 aliphatic rings. The van der Waals surface area contributed by atoms with Gasteiger partial charge in [0.05, 0.1) is 11.9 Å². The molecule has 3 heteroatoms. The van der Waals surface area contributed by atoms with Crippen LogP contribution in [0.5, 0.6) is 0 Å². The minimum Gasteiger partial charge on any atom is -0.324 e. The third-order valence-corrected chi connectivity index (χ3v) is 2.78. The fourth-order valence-corrected chi connectivity index (χ4v) is 1.62. The third kappa shape index (κ3) is 3.41. The summed E-state index contributed by atoms with van der Waals surface area (Å²) in [6.07, 6.45) is 3.46. The first-order valence-electron chi connectivity index (χ1n) is 6.29. The Morgan fingerprint density at radius 2 is 1.74 bits per heavy atom. The molecular weight excluding hydrogens is 236 g/mol. The fourth-order valence-electron chi connectivity index (χ4n) is 1.62.